The van der Waals surface area contributed by atoms with Crippen LogP contribution in [-0.4, -0.2) is 44.9 Å². The summed E-state index contributed by atoms with van der Waals surface area (Å²) in [5.41, 5.74) is 1.33. The lowest BCUT2D eigenvalue weighted by Crippen LogP contribution is -2.20. The van der Waals surface area contributed by atoms with Crippen molar-refractivity contribution in [3.8, 4) is 11.3 Å². The van der Waals surface area contributed by atoms with E-state index in [0.29, 0.717) is 41.3 Å². The molecule has 3 heterocycles. The van der Waals surface area contributed by atoms with Gasteiger partial charge in [0.15, 0.2) is 0 Å². The Labute approximate surface area is 156 Å². The van der Waals surface area contributed by atoms with Gasteiger partial charge in [0.2, 0.25) is 0 Å². The van der Waals surface area contributed by atoms with Crippen molar-refractivity contribution in [2.24, 2.45) is 7.05 Å². The Morgan fingerprint density at radius 2 is 2.07 bits per heavy atom. The molecule has 0 aliphatic rings. The molecule has 3 rings (SSSR count). The first-order valence-electron chi connectivity index (χ1n) is 8.59. The second-order valence-corrected chi connectivity index (χ2v) is 6.82. The first kappa shape index (κ1) is 18.9. The molecule has 27 heavy (non-hydrogen) atoms. The van der Waals surface area contributed by atoms with Crippen LogP contribution in [0.1, 0.15) is 19.5 Å². The van der Waals surface area contributed by atoms with Gasteiger partial charge in [-0.05, 0) is 32.0 Å². The normalized spacial score (nSPS) is 11.7. The molecule has 0 aliphatic carbocycles. The van der Waals surface area contributed by atoms with Crippen LogP contribution in [0.25, 0.3) is 22.2 Å². The first-order chi connectivity index (χ1) is 12.8. The average Bonchev–Trinajstić information content (AvgIpc) is 2.64. The number of aliphatic hydroxyl groups is 1. The fourth-order valence-corrected chi connectivity index (χ4v) is 2.68. The Kier molecular flexibility index (Phi) is 5.20. The van der Waals surface area contributed by atoms with Crippen molar-refractivity contribution in [2.75, 3.05) is 25.6 Å². The van der Waals surface area contributed by atoms with Gasteiger partial charge in [0.05, 0.1) is 29.8 Å². The van der Waals surface area contributed by atoms with Gasteiger partial charge in [0, 0.05) is 32.5 Å². The molecule has 8 nitrogen and oxygen atoms in total. The molecular weight excluding hydrogens is 346 g/mol. The third-order valence-electron chi connectivity index (χ3n) is 4.19. The van der Waals surface area contributed by atoms with Crippen molar-refractivity contribution < 1.29 is 9.84 Å². The van der Waals surface area contributed by atoms with Crippen LogP contribution >= 0.6 is 0 Å². The van der Waals surface area contributed by atoms with Crippen molar-refractivity contribution in [1.29, 1.82) is 0 Å². The van der Waals surface area contributed by atoms with E-state index in [1.165, 1.54) is 10.9 Å². The Bertz CT molecular complexity index is 1010. The maximum atomic E-state index is 12.6. The van der Waals surface area contributed by atoms with Gasteiger partial charge in [0.1, 0.15) is 16.8 Å². The highest BCUT2D eigenvalue weighted by Gasteiger charge is 2.18. The number of fused-ring (bicyclic) bond motifs is 1. The molecule has 0 saturated heterocycles. The lowest BCUT2D eigenvalue weighted by molar-refractivity contribution is 0.0739. The van der Waals surface area contributed by atoms with Crippen molar-refractivity contribution in [2.45, 2.75) is 19.4 Å². The number of aryl methyl sites for hydroxylation is 1. The van der Waals surface area contributed by atoms with E-state index in [0.717, 1.165) is 5.56 Å². The van der Waals surface area contributed by atoms with Crippen molar-refractivity contribution in [1.82, 2.24) is 19.5 Å². The summed E-state index contributed by atoms with van der Waals surface area (Å²) in [4.78, 5) is 25.9. The minimum absolute atomic E-state index is 0.172. The maximum Gasteiger partial charge on any atom is 0.264 e. The fraction of sp³-hybridized carbons (Fsp3) is 0.368. The Hall–Kier alpha value is -2.84. The van der Waals surface area contributed by atoms with E-state index in [2.05, 4.69) is 20.3 Å². The van der Waals surface area contributed by atoms with Gasteiger partial charge in [-0.2, -0.15) is 0 Å². The average molecular weight is 369 g/mol. The van der Waals surface area contributed by atoms with E-state index in [-0.39, 0.29) is 5.56 Å². The second-order valence-electron chi connectivity index (χ2n) is 6.82. The number of rotatable bonds is 6. The van der Waals surface area contributed by atoms with Gasteiger partial charge in [-0.15, -0.1) is 0 Å². The van der Waals surface area contributed by atoms with Crippen molar-refractivity contribution >= 4 is 16.7 Å². The molecular formula is C19H23N5O3. The number of hydrogen-bond acceptors (Lipinski definition) is 7. The summed E-state index contributed by atoms with van der Waals surface area (Å²) in [6, 6.07) is 5.37. The van der Waals surface area contributed by atoms with E-state index in [9.17, 15) is 9.90 Å². The summed E-state index contributed by atoms with van der Waals surface area (Å²) < 4.78 is 6.49. The molecule has 0 amide bonds. The predicted octanol–water partition coefficient (Wildman–Crippen LogP) is 1.68. The number of ether oxygens (including phenoxy) is 1. The number of nitrogens with one attached hydrogen (secondary N) is 1. The molecule has 0 fully saturated rings. The summed E-state index contributed by atoms with van der Waals surface area (Å²) in [5.74, 6) is 0.458. The number of hydrogen-bond donors (Lipinski definition) is 2. The van der Waals surface area contributed by atoms with E-state index >= 15 is 0 Å². The number of aromatic nitrogens is 4. The Morgan fingerprint density at radius 3 is 2.70 bits per heavy atom. The molecule has 8 heteroatoms. The van der Waals surface area contributed by atoms with Crippen molar-refractivity contribution in [3.63, 3.8) is 0 Å². The second kappa shape index (κ2) is 7.42. The molecule has 0 atom stereocenters. The highest BCUT2D eigenvalue weighted by molar-refractivity contribution is 5.91. The van der Waals surface area contributed by atoms with Gasteiger partial charge in [-0.1, -0.05) is 0 Å². The van der Waals surface area contributed by atoms with Crippen LogP contribution in [0.2, 0.25) is 0 Å². The summed E-state index contributed by atoms with van der Waals surface area (Å²) in [7, 11) is 3.26. The molecule has 0 aliphatic heterocycles. The zero-order valence-corrected chi connectivity index (χ0v) is 15.9. The maximum absolute atomic E-state index is 12.6. The third kappa shape index (κ3) is 3.96. The lowest BCUT2D eigenvalue weighted by Gasteiger charge is -2.16. The topological polar surface area (TPSA) is 102 Å². The van der Waals surface area contributed by atoms with Crippen LogP contribution in [0.3, 0.4) is 0 Å². The van der Waals surface area contributed by atoms with Crippen LogP contribution < -0.4 is 10.9 Å². The largest absolute Gasteiger partial charge is 0.384 e. The van der Waals surface area contributed by atoms with E-state index in [1.807, 2.05) is 6.07 Å². The van der Waals surface area contributed by atoms with Gasteiger partial charge >= 0.3 is 0 Å². The van der Waals surface area contributed by atoms with Crippen LogP contribution in [0.5, 0.6) is 0 Å². The van der Waals surface area contributed by atoms with E-state index in [1.54, 1.807) is 46.3 Å². The number of nitrogens with zero attached hydrogens (tertiary/aromatic N) is 4. The summed E-state index contributed by atoms with van der Waals surface area (Å²) in [6.45, 7) is 4.35. The minimum atomic E-state index is -1.02. The zero-order chi connectivity index (χ0) is 19.6. The fourth-order valence-electron chi connectivity index (χ4n) is 2.68. The van der Waals surface area contributed by atoms with Gasteiger partial charge in [0.25, 0.3) is 5.56 Å². The summed E-state index contributed by atoms with van der Waals surface area (Å²) in [5, 5.41) is 13.6. The molecule has 0 saturated carbocycles. The van der Waals surface area contributed by atoms with Gasteiger partial charge in [-0.3, -0.25) is 9.78 Å². The molecule has 2 N–H and O–H groups in total. The van der Waals surface area contributed by atoms with Crippen LogP contribution in [-0.2, 0) is 17.4 Å². The van der Waals surface area contributed by atoms with Crippen LogP contribution in [0, 0.1) is 0 Å². The Balaban J connectivity index is 2.11. The zero-order valence-electron chi connectivity index (χ0n) is 15.9. The van der Waals surface area contributed by atoms with Crippen LogP contribution in [0.15, 0.2) is 35.5 Å². The molecule has 3 aromatic rings. The predicted molar refractivity (Wildman–Crippen MR) is 104 cm³/mol. The highest BCUT2D eigenvalue weighted by atomic mass is 16.5. The summed E-state index contributed by atoms with van der Waals surface area (Å²) >= 11 is 0. The van der Waals surface area contributed by atoms with E-state index < -0.39 is 5.60 Å². The molecule has 0 aromatic carbocycles. The smallest absolute Gasteiger partial charge is 0.264 e. The number of methoxy groups -OCH3 is 1. The molecule has 0 unspecified atom stereocenters. The molecule has 0 bridgehead atoms. The van der Waals surface area contributed by atoms with Gasteiger partial charge in [-0.25, -0.2) is 9.97 Å². The molecule has 3 aromatic heterocycles. The van der Waals surface area contributed by atoms with Crippen LogP contribution in [0.4, 0.5) is 5.82 Å². The molecule has 142 valence electrons. The van der Waals surface area contributed by atoms with Crippen molar-refractivity contribution in [3.05, 3.63) is 46.8 Å². The first-order valence-corrected chi connectivity index (χ1v) is 8.59. The van der Waals surface area contributed by atoms with E-state index in [4.69, 9.17) is 4.74 Å². The quantitative estimate of drug-likeness (QED) is 0.637. The number of pyridine rings is 2. The molecule has 0 radical (unpaired) electrons. The minimum Gasteiger partial charge on any atom is -0.384 e. The Morgan fingerprint density at radius 1 is 1.30 bits per heavy atom. The lowest BCUT2D eigenvalue weighted by atomic mass is 10.0. The standard InChI is InChI=1S/C19H23N5O3/c1-19(2,26)15-6-5-12(10-21-15)13-9-14-16(18(25)24(3)11-22-14)17(23-13)20-7-8-27-4/h5-6,9-11,26H,7-8H2,1-4H3,(H,20,23). The number of anilines is 1. The van der Waals surface area contributed by atoms with Gasteiger partial charge < -0.3 is 19.7 Å². The monoisotopic (exact) mass is 369 g/mol. The SMILES string of the molecule is COCCNc1nc(-c2ccc(C(C)(C)O)nc2)cc2ncn(C)c(=O)c12. The molecule has 0 spiro atoms. The summed E-state index contributed by atoms with van der Waals surface area (Å²) in [6.07, 6.45) is 3.14. The third-order valence-corrected chi connectivity index (χ3v) is 4.19. The highest BCUT2D eigenvalue weighted by Crippen LogP contribution is 2.26.